The Bertz CT molecular complexity index is 539. The summed E-state index contributed by atoms with van der Waals surface area (Å²) in [5, 5.41) is 0. The van der Waals surface area contributed by atoms with Gasteiger partial charge in [0.1, 0.15) is 5.82 Å². The van der Waals surface area contributed by atoms with Crippen LogP contribution in [-0.2, 0) is 6.42 Å². The number of nitrogens with one attached hydrogen (secondary N) is 1. The molecule has 0 saturated carbocycles. The Morgan fingerprint density at radius 2 is 2.17 bits per heavy atom. The lowest BCUT2D eigenvalue weighted by Gasteiger charge is -2.08. The summed E-state index contributed by atoms with van der Waals surface area (Å²) in [5.41, 5.74) is 3.61. The van der Waals surface area contributed by atoms with Gasteiger partial charge in [-0.05, 0) is 40.4 Å². The van der Waals surface area contributed by atoms with E-state index in [0.717, 1.165) is 26.6 Å². The Morgan fingerprint density at radius 3 is 2.72 bits per heavy atom. The van der Waals surface area contributed by atoms with E-state index in [4.69, 9.17) is 5.84 Å². The molecule has 0 unspecified atom stereocenters. The predicted molar refractivity (Wildman–Crippen MR) is 79.4 cm³/mol. The van der Waals surface area contributed by atoms with Crippen LogP contribution in [0.3, 0.4) is 0 Å². The molecule has 0 atom stereocenters. The number of hydrazine groups is 1. The normalized spacial score (nSPS) is 10.9. The number of hydrogen-bond acceptors (Lipinski definition) is 5. The number of thiophene rings is 1. The summed E-state index contributed by atoms with van der Waals surface area (Å²) in [6, 6.07) is 5.89. The second-order valence-corrected chi connectivity index (χ2v) is 6.88. The minimum absolute atomic E-state index is 0.549. The number of halogens is 1. The highest BCUT2D eigenvalue weighted by atomic mass is 79.9. The number of hydrogen-bond donors (Lipinski definition) is 2. The van der Waals surface area contributed by atoms with Gasteiger partial charge in [0, 0.05) is 11.8 Å². The minimum Gasteiger partial charge on any atom is -0.308 e. The van der Waals surface area contributed by atoms with Crippen molar-refractivity contribution < 1.29 is 0 Å². The van der Waals surface area contributed by atoms with Gasteiger partial charge < -0.3 is 5.43 Å². The molecule has 18 heavy (non-hydrogen) atoms. The van der Waals surface area contributed by atoms with Crippen LogP contribution in [0, 0.1) is 5.92 Å². The smallest absolute Gasteiger partial charge is 0.171 e. The van der Waals surface area contributed by atoms with Crippen LogP contribution in [0.2, 0.25) is 0 Å². The van der Waals surface area contributed by atoms with Gasteiger partial charge in [-0.1, -0.05) is 13.8 Å². The van der Waals surface area contributed by atoms with E-state index in [9.17, 15) is 0 Å². The highest BCUT2D eigenvalue weighted by Crippen LogP contribution is 2.30. The zero-order valence-electron chi connectivity index (χ0n) is 10.3. The first kappa shape index (κ1) is 13.5. The Kier molecular flexibility index (Phi) is 4.31. The molecule has 0 saturated heterocycles. The van der Waals surface area contributed by atoms with E-state index in [1.165, 1.54) is 0 Å². The molecule has 0 aliphatic heterocycles. The van der Waals surface area contributed by atoms with Gasteiger partial charge in [0.2, 0.25) is 0 Å². The van der Waals surface area contributed by atoms with E-state index in [-0.39, 0.29) is 0 Å². The van der Waals surface area contributed by atoms with E-state index >= 15 is 0 Å². The van der Waals surface area contributed by atoms with Crippen LogP contribution in [0.4, 0.5) is 5.82 Å². The van der Waals surface area contributed by atoms with Crippen LogP contribution >= 0.6 is 27.3 Å². The van der Waals surface area contributed by atoms with E-state index in [1.54, 1.807) is 11.3 Å². The number of nitrogens with zero attached hydrogens (tertiary/aromatic N) is 2. The number of nitrogen functional groups attached to an aromatic ring is 1. The number of aromatic nitrogens is 2. The lowest BCUT2D eigenvalue weighted by Crippen LogP contribution is -2.11. The quantitative estimate of drug-likeness (QED) is 0.667. The molecule has 96 valence electrons. The molecule has 0 bridgehead atoms. The van der Waals surface area contributed by atoms with Crippen LogP contribution in [-0.4, -0.2) is 9.97 Å². The molecule has 6 heteroatoms. The zero-order valence-corrected chi connectivity index (χ0v) is 12.7. The zero-order chi connectivity index (χ0) is 13.1. The van der Waals surface area contributed by atoms with E-state index < -0.39 is 0 Å². The van der Waals surface area contributed by atoms with Crippen molar-refractivity contribution >= 4 is 33.1 Å². The largest absolute Gasteiger partial charge is 0.308 e. The van der Waals surface area contributed by atoms with Gasteiger partial charge in [-0.15, -0.1) is 11.3 Å². The fraction of sp³-hybridized carbons (Fsp3) is 0.333. The third-order valence-corrected chi connectivity index (χ3v) is 3.96. The van der Waals surface area contributed by atoms with Crippen molar-refractivity contribution in [2.45, 2.75) is 20.3 Å². The van der Waals surface area contributed by atoms with E-state index in [1.807, 2.05) is 18.2 Å². The van der Waals surface area contributed by atoms with Crippen molar-refractivity contribution in [1.29, 1.82) is 0 Å². The van der Waals surface area contributed by atoms with Crippen LogP contribution < -0.4 is 11.3 Å². The topological polar surface area (TPSA) is 63.8 Å². The van der Waals surface area contributed by atoms with Gasteiger partial charge in [-0.25, -0.2) is 15.8 Å². The van der Waals surface area contributed by atoms with Gasteiger partial charge >= 0.3 is 0 Å². The lowest BCUT2D eigenvalue weighted by atomic mass is 10.1. The van der Waals surface area contributed by atoms with Crippen molar-refractivity contribution in [1.82, 2.24) is 9.97 Å². The molecule has 0 amide bonds. The molecule has 0 radical (unpaired) electrons. The summed E-state index contributed by atoms with van der Waals surface area (Å²) >= 11 is 5.06. The summed E-state index contributed by atoms with van der Waals surface area (Å²) in [7, 11) is 0. The molecule has 0 aliphatic rings. The van der Waals surface area contributed by atoms with Gasteiger partial charge in [-0.2, -0.15) is 0 Å². The maximum Gasteiger partial charge on any atom is 0.171 e. The summed E-state index contributed by atoms with van der Waals surface area (Å²) in [6.45, 7) is 4.33. The minimum atomic E-state index is 0.549. The molecule has 2 aromatic heterocycles. The first-order valence-corrected chi connectivity index (χ1v) is 7.29. The Labute approximate surface area is 119 Å². The molecule has 0 aliphatic carbocycles. The van der Waals surface area contributed by atoms with Crippen LogP contribution in [0.5, 0.6) is 0 Å². The van der Waals surface area contributed by atoms with Crippen LogP contribution in [0.25, 0.3) is 10.7 Å². The maximum atomic E-state index is 5.46. The van der Waals surface area contributed by atoms with Gasteiger partial charge in [0.05, 0.1) is 8.66 Å². The van der Waals surface area contributed by atoms with Crippen LogP contribution in [0.1, 0.15) is 19.5 Å². The van der Waals surface area contributed by atoms with Crippen molar-refractivity contribution in [3.05, 3.63) is 27.7 Å². The number of nitrogens with two attached hydrogens (primary N) is 1. The van der Waals surface area contributed by atoms with Crippen LogP contribution in [0.15, 0.2) is 22.0 Å². The van der Waals surface area contributed by atoms with E-state index in [2.05, 4.69) is 45.2 Å². The molecule has 2 heterocycles. The highest BCUT2D eigenvalue weighted by molar-refractivity contribution is 9.11. The molecular weight excluding hydrogens is 312 g/mol. The molecule has 2 aromatic rings. The van der Waals surface area contributed by atoms with E-state index in [0.29, 0.717) is 11.7 Å². The second kappa shape index (κ2) is 5.77. The van der Waals surface area contributed by atoms with Crippen molar-refractivity contribution in [3.63, 3.8) is 0 Å². The van der Waals surface area contributed by atoms with Crippen molar-refractivity contribution in [2.75, 3.05) is 5.43 Å². The lowest BCUT2D eigenvalue weighted by molar-refractivity contribution is 0.635. The maximum absolute atomic E-state index is 5.46. The standard InChI is InChI=1S/C12H15BrN4S/c1-7(2)5-8-6-11(17-14)16-12(15-8)9-3-4-10(13)18-9/h3-4,6-7H,5,14H2,1-2H3,(H,15,16,17). The van der Waals surface area contributed by atoms with Gasteiger partial charge in [0.25, 0.3) is 0 Å². The molecule has 4 nitrogen and oxygen atoms in total. The third kappa shape index (κ3) is 3.28. The average molecular weight is 327 g/mol. The first-order chi connectivity index (χ1) is 8.58. The van der Waals surface area contributed by atoms with Gasteiger partial charge in [0.15, 0.2) is 5.82 Å². The summed E-state index contributed by atoms with van der Waals surface area (Å²) in [5.74, 6) is 7.38. The fourth-order valence-corrected chi connectivity index (χ4v) is 2.96. The molecular formula is C12H15BrN4S. The Balaban J connectivity index is 2.40. The molecule has 0 spiro atoms. The third-order valence-electron chi connectivity index (χ3n) is 2.34. The highest BCUT2D eigenvalue weighted by Gasteiger charge is 2.09. The molecule has 3 N–H and O–H groups in total. The van der Waals surface area contributed by atoms with Crippen molar-refractivity contribution in [3.8, 4) is 10.7 Å². The monoisotopic (exact) mass is 326 g/mol. The summed E-state index contributed by atoms with van der Waals surface area (Å²) in [6.07, 6.45) is 0.913. The Hall–Kier alpha value is -0.980. The summed E-state index contributed by atoms with van der Waals surface area (Å²) in [4.78, 5) is 10.0. The summed E-state index contributed by atoms with van der Waals surface area (Å²) < 4.78 is 1.07. The second-order valence-electron chi connectivity index (χ2n) is 4.41. The molecule has 2 rings (SSSR count). The first-order valence-electron chi connectivity index (χ1n) is 5.68. The Morgan fingerprint density at radius 1 is 1.39 bits per heavy atom. The number of anilines is 1. The fourth-order valence-electron chi connectivity index (χ4n) is 1.64. The predicted octanol–water partition coefficient (Wildman–Crippen LogP) is 3.45. The van der Waals surface area contributed by atoms with Crippen molar-refractivity contribution in [2.24, 2.45) is 11.8 Å². The number of rotatable bonds is 4. The molecule has 0 aromatic carbocycles. The van der Waals surface area contributed by atoms with Gasteiger partial charge in [-0.3, -0.25) is 0 Å². The average Bonchev–Trinajstić information content (AvgIpc) is 2.74. The SMILES string of the molecule is CC(C)Cc1cc(NN)nc(-c2ccc(Br)s2)n1. The molecule has 0 fully saturated rings.